The minimum atomic E-state index is 0.249. The first-order valence-corrected chi connectivity index (χ1v) is 9.07. The van der Waals surface area contributed by atoms with Gasteiger partial charge in [0.05, 0.1) is 6.04 Å². The second-order valence-electron chi connectivity index (χ2n) is 5.33. The Hall–Kier alpha value is -1.89. The Morgan fingerprint density at radius 1 is 1.43 bits per heavy atom. The maximum Gasteiger partial charge on any atom is 0.191 e. The van der Waals surface area contributed by atoms with Crippen molar-refractivity contribution in [2.24, 2.45) is 4.99 Å². The van der Waals surface area contributed by atoms with E-state index in [9.17, 15) is 0 Å². The number of nitrogens with zero attached hydrogens (tertiary/aromatic N) is 4. The second kappa shape index (κ2) is 9.29. The van der Waals surface area contributed by atoms with Crippen LogP contribution < -0.4 is 10.6 Å². The number of aromatic nitrogens is 3. The van der Waals surface area contributed by atoms with Gasteiger partial charge in [0.2, 0.25) is 0 Å². The predicted octanol–water partition coefficient (Wildman–Crippen LogP) is 2.61. The number of aliphatic imine (C=N–C) groups is 1. The molecule has 0 aromatic carbocycles. The molecule has 0 fully saturated rings. The highest BCUT2D eigenvalue weighted by molar-refractivity contribution is 7.10. The molecule has 2 heterocycles. The molecule has 1 unspecified atom stereocenters. The fraction of sp³-hybridized carbons (Fsp3) is 0.562. The summed E-state index contributed by atoms with van der Waals surface area (Å²) in [6.07, 6.45) is 3.71. The summed E-state index contributed by atoms with van der Waals surface area (Å²) in [6.45, 7) is 8.82. The standard InChI is InChI=1S/C16H26N6S/c1-4-8-17-16(20-13(3)14-7-6-11-23-14)18-9-10-22-12-19-21-15(22)5-2/h6-7,11-13H,4-5,8-10H2,1-3H3,(H2,17,18,20). The van der Waals surface area contributed by atoms with E-state index in [2.05, 4.69) is 68.7 Å². The summed E-state index contributed by atoms with van der Waals surface area (Å²) in [4.78, 5) is 5.92. The molecule has 6 nitrogen and oxygen atoms in total. The number of nitrogens with one attached hydrogen (secondary N) is 2. The average molecular weight is 334 g/mol. The van der Waals surface area contributed by atoms with Gasteiger partial charge < -0.3 is 15.2 Å². The lowest BCUT2D eigenvalue weighted by molar-refractivity contribution is 0.620. The van der Waals surface area contributed by atoms with Crippen LogP contribution in [0.25, 0.3) is 0 Å². The van der Waals surface area contributed by atoms with Crippen LogP contribution in [0, 0.1) is 0 Å². The summed E-state index contributed by atoms with van der Waals surface area (Å²) in [6, 6.07) is 4.47. The van der Waals surface area contributed by atoms with E-state index >= 15 is 0 Å². The van der Waals surface area contributed by atoms with Crippen LogP contribution in [0.4, 0.5) is 0 Å². The van der Waals surface area contributed by atoms with Gasteiger partial charge >= 0.3 is 0 Å². The van der Waals surface area contributed by atoms with Crippen LogP contribution >= 0.6 is 11.3 Å². The van der Waals surface area contributed by atoms with Crippen LogP contribution in [-0.2, 0) is 13.0 Å². The Kier molecular flexibility index (Phi) is 7.06. The predicted molar refractivity (Wildman–Crippen MR) is 95.9 cm³/mol. The number of rotatable bonds is 8. The Labute approximate surface area is 142 Å². The lowest BCUT2D eigenvalue weighted by atomic mass is 10.3. The normalized spacial score (nSPS) is 13.1. The van der Waals surface area contributed by atoms with Crippen molar-refractivity contribution in [3.05, 3.63) is 34.5 Å². The fourth-order valence-corrected chi connectivity index (χ4v) is 2.96. The molecule has 0 aliphatic heterocycles. The molecule has 23 heavy (non-hydrogen) atoms. The van der Waals surface area contributed by atoms with E-state index in [1.807, 2.05) is 0 Å². The smallest absolute Gasteiger partial charge is 0.191 e. The van der Waals surface area contributed by atoms with E-state index in [0.717, 1.165) is 44.3 Å². The van der Waals surface area contributed by atoms with Crippen LogP contribution in [0.15, 0.2) is 28.8 Å². The molecule has 0 bridgehead atoms. The van der Waals surface area contributed by atoms with Crippen LogP contribution in [0.2, 0.25) is 0 Å². The maximum atomic E-state index is 4.61. The monoisotopic (exact) mass is 334 g/mol. The van der Waals surface area contributed by atoms with Crippen molar-refractivity contribution in [1.29, 1.82) is 0 Å². The van der Waals surface area contributed by atoms with Crippen molar-refractivity contribution in [3.63, 3.8) is 0 Å². The van der Waals surface area contributed by atoms with E-state index in [1.165, 1.54) is 4.88 Å². The number of hydrogen-bond acceptors (Lipinski definition) is 4. The summed E-state index contributed by atoms with van der Waals surface area (Å²) < 4.78 is 2.08. The molecule has 0 saturated carbocycles. The third kappa shape index (κ3) is 5.35. The van der Waals surface area contributed by atoms with Crippen LogP contribution in [0.1, 0.15) is 43.9 Å². The first kappa shape index (κ1) is 17.5. The number of thiophene rings is 1. The quantitative estimate of drug-likeness (QED) is 0.575. The number of guanidine groups is 1. The van der Waals surface area contributed by atoms with Crippen LogP contribution in [0.5, 0.6) is 0 Å². The molecule has 2 aromatic heterocycles. The molecule has 0 saturated heterocycles. The molecule has 2 rings (SSSR count). The zero-order valence-electron chi connectivity index (χ0n) is 14.1. The summed E-state index contributed by atoms with van der Waals surface area (Å²) in [5.74, 6) is 1.87. The number of aryl methyl sites for hydroxylation is 1. The van der Waals surface area contributed by atoms with E-state index in [1.54, 1.807) is 17.7 Å². The minimum Gasteiger partial charge on any atom is -0.355 e. The zero-order chi connectivity index (χ0) is 16.5. The molecule has 2 aromatic rings. The van der Waals surface area contributed by atoms with Crippen LogP contribution in [0.3, 0.4) is 0 Å². The highest BCUT2D eigenvalue weighted by Gasteiger charge is 2.09. The van der Waals surface area contributed by atoms with Crippen LogP contribution in [-0.4, -0.2) is 33.8 Å². The van der Waals surface area contributed by atoms with E-state index in [4.69, 9.17) is 0 Å². The molecule has 0 radical (unpaired) electrons. The molecule has 0 aliphatic rings. The van der Waals surface area contributed by atoms with Gasteiger partial charge in [0, 0.05) is 30.9 Å². The van der Waals surface area contributed by atoms with Gasteiger partial charge in [0.15, 0.2) is 5.96 Å². The third-order valence-electron chi connectivity index (χ3n) is 3.47. The van der Waals surface area contributed by atoms with Crippen molar-refractivity contribution in [3.8, 4) is 0 Å². The van der Waals surface area contributed by atoms with Gasteiger partial charge in [-0.25, -0.2) is 0 Å². The average Bonchev–Trinajstić information content (AvgIpc) is 3.23. The van der Waals surface area contributed by atoms with Gasteiger partial charge in [0.25, 0.3) is 0 Å². The van der Waals surface area contributed by atoms with Gasteiger partial charge in [-0.15, -0.1) is 21.5 Å². The summed E-state index contributed by atoms with van der Waals surface area (Å²) in [5, 5.41) is 17.0. The lowest BCUT2D eigenvalue weighted by Gasteiger charge is -2.17. The molecular weight excluding hydrogens is 308 g/mol. The molecule has 2 N–H and O–H groups in total. The van der Waals surface area contributed by atoms with Crippen molar-refractivity contribution in [2.75, 3.05) is 13.1 Å². The van der Waals surface area contributed by atoms with E-state index < -0.39 is 0 Å². The number of hydrogen-bond donors (Lipinski definition) is 2. The van der Waals surface area contributed by atoms with Gasteiger partial charge in [-0.1, -0.05) is 19.9 Å². The molecule has 0 aliphatic carbocycles. The Morgan fingerprint density at radius 2 is 2.30 bits per heavy atom. The summed E-state index contributed by atoms with van der Waals surface area (Å²) >= 11 is 1.76. The highest BCUT2D eigenvalue weighted by Crippen LogP contribution is 2.17. The summed E-state index contributed by atoms with van der Waals surface area (Å²) in [7, 11) is 0. The summed E-state index contributed by atoms with van der Waals surface area (Å²) in [5.41, 5.74) is 0. The third-order valence-corrected chi connectivity index (χ3v) is 4.53. The van der Waals surface area contributed by atoms with Gasteiger partial charge in [-0.05, 0) is 24.8 Å². The van der Waals surface area contributed by atoms with E-state index in [-0.39, 0.29) is 6.04 Å². The van der Waals surface area contributed by atoms with Gasteiger partial charge in [-0.3, -0.25) is 4.99 Å². The molecule has 1 atom stereocenters. The Morgan fingerprint density at radius 3 is 3.00 bits per heavy atom. The largest absolute Gasteiger partial charge is 0.355 e. The fourth-order valence-electron chi connectivity index (χ4n) is 2.22. The SMILES string of the molecule is CCCN=C(NCCn1cnnc1CC)NC(C)c1cccs1. The second-order valence-corrected chi connectivity index (χ2v) is 6.31. The Bertz CT molecular complexity index is 589. The molecular formula is C16H26N6S. The van der Waals surface area contributed by atoms with Crippen molar-refractivity contribution in [1.82, 2.24) is 25.4 Å². The van der Waals surface area contributed by atoms with Gasteiger partial charge in [-0.2, -0.15) is 0 Å². The van der Waals surface area contributed by atoms with Gasteiger partial charge in [0.1, 0.15) is 12.2 Å². The van der Waals surface area contributed by atoms with E-state index in [0.29, 0.717) is 0 Å². The van der Waals surface area contributed by atoms with Crippen molar-refractivity contribution < 1.29 is 0 Å². The lowest BCUT2D eigenvalue weighted by Crippen LogP contribution is -2.40. The molecule has 0 amide bonds. The highest BCUT2D eigenvalue weighted by atomic mass is 32.1. The molecule has 0 spiro atoms. The maximum absolute atomic E-state index is 4.61. The van der Waals surface area contributed by atoms with Crippen molar-refractivity contribution >= 4 is 17.3 Å². The first-order valence-electron chi connectivity index (χ1n) is 8.19. The topological polar surface area (TPSA) is 67.1 Å². The molecule has 126 valence electrons. The molecule has 7 heteroatoms. The van der Waals surface area contributed by atoms with Crippen molar-refractivity contribution in [2.45, 2.75) is 46.2 Å². The Balaban J connectivity index is 1.88. The zero-order valence-corrected chi connectivity index (χ0v) is 14.9. The minimum absolute atomic E-state index is 0.249. The first-order chi connectivity index (χ1) is 11.2.